The Kier molecular flexibility index (Phi) is 3.90. The molecule has 122 valence electrons. The average molecular weight is 344 g/mol. The summed E-state index contributed by atoms with van der Waals surface area (Å²) in [5.74, 6) is 0.218. The molecular weight excluding hydrogens is 332 g/mol. The Bertz CT molecular complexity index is 1050. The number of rotatable bonds is 4. The van der Waals surface area contributed by atoms with E-state index in [0.29, 0.717) is 5.75 Å². The molecule has 0 unspecified atom stereocenters. The number of pyridine rings is 1. The molecule has 1 aromatic heterocycles. The number of ether oxygens (including phenoxy) is 1. The molecule has 0 aliphatic rings. The third-order valence-corrected chi connectivity index (χ3v) is 4.47. The highest BCUT2D eigenvalue weighted by Gasteiger charge is 2.27. The SMILES string of the molecule is CS(=O)(=O)c1cccc(Oc2ccc3ncccc3c2)c1[N+](=O)[O-]. The molecule has 3 rings (SSSR count). The fraction of sp³-hybridized carbons (Fsp3) is 0.0625. The van der Waals surface area contributed by atoms with Gasteiger partial charge < -0.3 is 4.74 Å². The Morgan fingerprint density at radius 1 is 1.12 bits per heavy atom. The number of nitrogens with zero attached hydrogens (tertiary/aromatic N) is 2. The fourth-order valence-corrected chi connectivity index (χ4v) is 3.16. The molecule has 0 spiro atoms. The fourth-order valence-electron chi connectivity index (χ4n) is 2.31. The summed E-state index contributed by atoms with van der Waals surface area (Å²) in [6, 6.07) is 12.6. The number of aromatic nitrogens is 1. The number of benzene rings is 2. The number of nitro benzene ring substituents is 1. The molecular formula is C16H12N2O5S. The van der Waals surface area contributed by atoms with Crippen molar-refractivity contribution >= 4 is 26.4 Å². The van der Waals surface area contributed by atoms with E-state index in [-0.39, 0.29) is 10.6 Å². The van der Waals surface area contributed by atoms with E-state index < -0.39 is 20.4 Å². The topological polar surface area (TPSA) is 99.4 Å². The van der Waals surface area contributed by atoms with Crippen LogP contribution in [0.4, 0.5) is 5.69 Å². The molecule has 0 radical (unpaired) electrons. The summed E-state index contributed by atoms with van der Waals surface area (Å²) in [5.41, 5.74) is 0.176. The van der Waals surface area contributed by atoms with Gasteiger partial charge in [0.25, 0.3) is 0 Å². The maximum absolute atomic E-state index is 11.8. The van der Waals surface area contributed by atoms with Crippen LogP contribution in [0.2, 0.25) is 0 Å². The van der Waals surface area contributed by atoms with E-state index in [2.05, 4.69) is 4.98 Å². The minimum atomic E-state index is -3.76. The monoisotopic (exact) mass is 344 g/mol. The van der Waals surface area contributed by atoms with Crippen molar-refractivity contribution in [1.82, 2.24) is 4.98 Å². The Labute approximate surface area is 137 Å². The first-order valence-corrected chi connectivity index (χ1v) is 8.75. The maximum Gasteiger partial charge on any atom is 0.330 e. The molecule has 1 heterocycles. The summed E-state index contributed by atoms with van der Waals surface area (Å²) in [6.07, 6.45) is 2.57. The van der Waals surface area contributed by atoms with Crippen LogP contribution in [0.5, 0.6) is 11.5 Å². The van der Waals surface area contributed by atoms with Gasteiger partial charge in [0.05, 0.1) is 10.4 Å². The first-order chi connectivity index (χ1) is 11.4. The number of para-hydroxylation sites is 1. The van der Waals surface area contributed by atoms with Crippen molar-refractivity contribution in [3.63, 3.8) is 0 Å². The molecule has 0 N–H and O–H groups in total. The van der Waals surface area contributed by atoms with E-state index in [1.165, 1.54) is 18.2 Å². The second-order valence-corrected chi connectivity index (χ2v) is 7.08. The normalized spacial score (nSPS) is 11.4. The standard InChI is InChI=1S/C16H12N2O5S/c1-24(21,22)15-6-2-5-14(16(15)18(19)20)23-12-7-8-13-11(10-12)4-3-9-17-13/h2-10H,1H3. The van der Waals surface area contributed by atoms with Gasteiger partial charge in [-0.2, -0.15) is 0 Å². The predicted molar refractivity (Wildman–Crippen MR) is 88.0 cm³/mol. The molecule has 8 heteroatoms. The molecule has 7 nitrogen and oxygen atoms in total. The van der Waals surface area contributed by atoms with Crippen molar-refractivity contribution in [2.24, 2.45) is 0 Å². The van der Waals surface area contributed by atoms with Gasteiger partial charge in [0, 0.05) is 17.8 Å². The van der Waals surface area contributed by atoms with Crippen LogP contribution < -0.4 is 4.74 Å². The molecule has 0 saturated carbocycles. The van der Waals surface area contributed by atoms with Crippen molar-refractivity contribution in [3.8, 4) is 11.5 Å². The number of fused-ring (bicyclic) bond motifs is 1. The van der Waals surface area contributed by atoms with Gasteiger partial charge >= 0.3 is 5.69 Å². The lowest BCUT2D eigenvalue weighted by Gasteiger charge is -2.09. The quantitative estimate of drug-likeness (QED) is 0.531. The molecule has 0 aliphatic heterocycles. The van der Waals surface area contributed by atoms with Crippen LogP contribution in [0.25, 0.3) is 10.9 Å². The molecule has 0 fully saturated rings. The van der Waals surface area contributed by atoms with E-state index in [0.717, 1.165) is 17.2 Å². The molecule has 3 aromatic rings. The highest BCUT2D eigenvalue weighted by Crippen LogP contribution is 2.37. The lowest BCUT2D eigenvalue weighted by molar-refractivity contribution is -0.388. The summed E-state index contributed by atoms with van der Waals surface area (Å²) < 4.78 is 29.1. The third-order valence-electron chi connectivity index (χ3n) is 3.35. The van der Waals surface area contributed by atoms with Crippen LogP contribution in [0, 0.1) is 10.1 Å². The number of hydrogen-bond acceptors (Lipinski definition) is 6. The van der Waals surface area contributed by atoms with Gasteiger partial charge in [-0.05, 0) is 36.4 Å². The molecule has 24 heavy (non-hydrogen) atoms. The van der Waals surface area contributed by atoms with Gasteiger partial charge in [-0.25, -0.2) is 8.42 Å². The van der Waals surface area contributed by atoms with Crippen LogP contribution in [0.3, 0.4) is 0 Å². The molecule has 0 atom stereocenters. The Hall–Kier alpha value is -3.00. The number of hydrogen-bond donors (Lipinski definition) is 0. The van der Waals surface area contributed by atoms with Gasteiger partial charge in [-0.3, -0.25) is 15.1 Å². The van der Waals surface area contributed by atoms with Crippen molar-refractivity contribution in [1.29, 1.82) is 0 Å². The second kappa shape index (κ2) is 5.89. The van der Waals surface area contributed by atoms with Crippen molar-refractivity contribution < 1.29 is 18.1 Å². The average Bonchev–Trinajstić information content (AvgIpc) is 2.53. The maximum atomic E-state index is 11.8. The van der Waals surface area contributed by atoms with Crippen LogP contribution in [-0.4, -0.2) is 24.6 Å². The summed E-state index contributed by atoms with van der Waals surface area (Å²) in [7, 11) is -3.76. The molecule has 0 saturated heterocycles. The van der Waals surface area contributed by atoms with Crippen LogP contribution in [0.15, 0.2) is 59.6 Å². The van der Waals surface area contributed by atoms with Gasteiger partial charge in [0.2, 0.25) is 5.75 Å². The van der Waals surface area contributed by atoms with Crippen LogP contribution in [0.1, 0.15) is 0 Å². The van der Waals surface area contributed by atoms with Gasteiger partial charge in [-0.1, -0.05) is 12.1 Å². The van der Waals surface area contributed by atoms with Crippen LogP contribution in [-0.2, 0) is 9.84 Å². The second-order valence-electron chi connectivity index (χ2n) is 5.09. The zero-order valence-electron chi connectivity index (χ0n) is 12.5. The predicted octanol–water partition coefficient (Wildman–Crippen LogP) is 3.34. The van der Waals surface area contributed by atoms with Gasteiger partial charge in [0.1, 0.15) is 10.6 Å². The van der Waals surface area contributed by atoms with E-state index >= 15 is 0 Å². The largest absolute Gasteiger partial charge is 0.450 e. The van der Waals surface area contributed by atoms with Crippen LogP contribution >= 0.6 is 0 Å². The zero-order chi connectivity index (χ0) is 17.3. The highest BCUT2D eigenvalue weighted by molar-refractivity contribution is 7.90. The Balaban J connectivity index is 2.10. The van der Waals surface area contributed by atoms with Crippen molar-refractivity contribution in [3.05, 3.63) is 64.8 Å². The summed E-state index contributed by atoms with van der Waals surface area (Å²) in [6.45, 7) is 0. The van der Waals surface area contributed by atoms with E-state index in [1.54, 1.807) is 30.5 Å². The summed E-state index contributed by atoms with van der Waals surface area (Å²) in [4.78, 5) is 14.4. The van der Waals surface area contributed by atoms with Crippen molar-refractivity contribution in [2.75, 3.05) is 6.26 Å². The molecule has 0 amide bonds. The summed E-state index contributed by atoms with van der Waals surface area (Å²) in [5, 5.41) is 12.1. The number of nitro groups is 1. The molecule has 0 bridgehead atoms. The van der Waals surface area contributed by atoms with Crippen molar-refractivity contribution in [2.45, 2.75) is 4.90 Å². The zero-order valence-corrected chi connectivity index (χ0v) is 13.4. The minimum absolute atomic E-state index is 0.133. The van der Waals surface area contributed by atoms with Gasteiger partial charge in [0.15, 0.2) is 9.84 Å². The Morgan fingerprint density at radius 2 is 1.92 bits per heavy atom. The highest BCUT2D eigenvalue weighted by atomic mass is 32.2. The third kappa shape index (κ3) is 3.04. The molecule has 2 aromatic carbocycles. The molecule has 0 aliphatic carbocycles. The lowest BCUT2D eigenvalue weighted by atomic mass is 10.2. The lowest BCUT2D eigenvalue weighted by Crippen LogP contribution is -2.04. The summed E-state index contributed by atoms with van der Waals surface area (Å²) >= 11 is 0. The minimum Gasteiger partial charge on any atom is -0.450 e. The van der Waals surface area contributed by atoms with E-state index in [4.69, 9.17) is 4.74 Å². The first-order valence-electron chi connectivity index (χ1n) is 6.86. The smallest absolute Gasteiger partial charge is 0.330 e. The van der Waals surface area contributed by atoms with Gasteiger partial charge in [-0.15, -0.1) is 0 Å². The Morgan fingerprint density at radius 3 is 2.62 bits per heavy atom. The first kappa shape index (κ1) is 15.9. The van der Waals surface area contributed by atoms with E-state index in [9.17, 15) is 18.5 Å². The number of sulfone groups is 1. The van der Waals surface area contributed by atoms with E-state index in [1.807, 2.05) is 6.07 Å².